The molecule has 15 heavy (non-hydrogen) atoms. The molecule has 4 rings (SSSR count). The number of aromatic nitrogens is 1. The number of thiazole rings is 1. The van der Waals surface area contributed by atoms with Gasteiger partial charge in [0.2, 0.25) is 0 Å². The minimum Gasteiger partial charge on any atom is -0.307 e. The SMILES string of the molecule is O=c1[nH]c2c(s1)C[C@@H]1[C@H]3CC[C@H](C3)[C@@H]1S2. The molecular formula is C11H13NOS2. The van der Waals surface area contributed by atoms with E-state index in [2.05, 4.69) is 4.98 Å². The Bertz CT molecular complexity index is 425. The average molecular weight is 239 g/mol. The molecule has 0 spiro atoms. The fourth-order valence-corrected chi connectivity index (χ4v) is 6.45. The highest BCUT2D eigenvalue weighted by atomic mass is 32.2. The summed E-state index contributed by atoms with van der Waals surface area (Å²) in [7, 11) is 0. The first-order valence-corrected chi connectivity index (χ1v) is 7.39. The van der Waals surface area contributed by atoms with Gasteiger partial charge >= 0.3 is 4.87 Å². The number of hydrogen-bond acceptors (Lipinski definition) is 3. The molecule has 1 aromatic rings. The molecule has 2 heterocycles. The van der Waals surface area contributed by atoms with E-state index in [1.807, 2.05) is 11.8 Å². The van der Waals surface area contributed by atoms with Crippen LogP contribution in [0.5, 0.6) is 0 Å². The van der Waals surface area contributed by atoms with Gasteiger partial charge in [-0.2, -0.15) is 0 Å². The van der Waals surface area contributed by atoms with Crippen molar-refractivity contribution in [3.05, 3.63) is 14.5 Å². The number of aromatic amines is 1. The van der Waals surface area contributed by atoms with Gasteiger partial charge in [-0.3, -0.25) is 4.79 Å². The predicted octanol–water partition coefficient (Wildman–Crippen LogP) is 2.50. The second-order valence-electron chi connectivity index (χ2n) is 5.05. The number of fused-ring (bicyclic) bond motifs is 6. The molecule has 0 aromatic carbocycles. The number of H-pyrrole nitrogens is 1. The van der Waals surface area contributed by atoms with Crippen molar-refractivity contribution < 1.29 is 0 Å². The monoisotopic (exact) mass is 239 g/mol. The van der Waals surface area contributed by atoms with Crippen molar-refractivity contribution in [2.24, 2.45) is 17.8 Å². The third-order valence-corrected chi connectivity index (χ3v) is 6.99. The highest BCUT2D eigenvalue weighted by Gasteiger charge is 2.50. The lowest BCUT2D eigenvalue weighted by Gasteiger charge is -2.33. The quantitative estimate of drug-likeness (QED) is 0.754. The number of thioether (sulfide) groups is 1. The lowest BCUT2D eigenvalue weighted by Crippen LogP contribution is -2.29. The van der Waals surface area contributed by atoms with Gasteiger partial charge in [0, 0.05) is 10.1 Å². The average Bonchev–Trinajstić information content (AvgIpc) is 2.85. The van der Waals surface area contributed by atoms with Crippen LogP contribution in [0.1, 0.15) is 24.1 Å². The Kier molecular flexibility index (Phi) is 1.73. The Labute approximate surface area is 96.5 Å². The van der Waals surface area contributed by atoms with Crippen molar-refractivity contribution in [3.63, 3.8) is 0 Å². The Morgan fingerprint density at radius 1 is 1.27 bits per heavy atom. The normalized spacial score (nSPS) is 41.6. The van der Waals surface area contributed by atoms with Crippen molar-refractivity contribution in [1.82, 2.24) is 4.98 Å². The second kappa shape index (κ2) is 2.92. The van der Waals surface area contributed by atoms with Crippen LogP contribution in [0.2, 0.25) is 0 Å². The van der Waals surface area contributed by atoms with E-state index < -0.39 is 0 Å². The third kappa shape index (κ3) is 1.15. The third-order valence-electron chi connectivity index (χ3n) is 4.37. The summed E-state index contributed by atoms with van der Waals surface area (Å²) < 4.78 is 0. The standard InChI is InChI=1S/C11H13NOS2/c13-11-12-10-8(14-11)4-7-5-1-2-6(3-5)9(7)15-10/h5-7,9H,1-4H2,(H,12,13)/t5-,6+,7+,9-/m0/s1. The first kappa shape index (κ1) is 8.88. The molecular weight excluding hydrogens is 226 g/mol. The summed E-state index contributed by atoms with van der Waals surface area (Å²) in [5, 5.41) is 2.01. The van der Waals surface area contributed by atoms with Gasteiger partial charge in [-0.1, -0.05) is 11.3 Å². The molecule has 0 amide bonds. The molecule has 80 valence electrons. The molecule has 2 fully saturated rings. The van der Waals surface area contributed by atoms with Crippen LogP contribution in [0.25, 0.3) is 0 Å². The summed E-state index contributed by atoms with van der Waals surface area (Å²) in [5.74, 6) is 2.80. The van der Waals surface area contributed by atoms with Crippen LogP contribution in [0, 0.1) is 17.8 Å². The molecule has 2 saturated carbocycles. The van der Waals surface area contributed by atoms with Gasteiger partial charge in [0.15, 0.2) is 0 Å². The zero-order chi connectivity index (χ0) is 9.99. The van der Waals surface area contributed by atoms with E-state index in [1.165, 1.54) is 46.9 Å². The van der Waals surface area contributed by atoms with E-state index in [-0.39, 0.29) is 4.87 Å². The lowest BCUT2D eigenvalue weighted by molar-refractivity contribution is 0.337. The Hall–Kier alpha value is -0.220. The lowest BCUT2D eigenvalue weighted by atomic mass is 9.85. The maximum atomic E-state index is 11.3. The maximum absolute atomic E-state index is 11.3. The van der Waals surface area contributed by atoms with Crippen LogP contribution in [-0.2, 0) is 6.42 Å². The van der Waals surface area contributed by atoms with Crippen LogP contribution >= 0.6 is 23.1 Å². The smallest absolute Gasteiger partial charge is 0.305 e. The molecule has 0 radical (unpaired) electrons. The minimum atomic E-state index is 0.139. The molecule has 4 atom stereocenters. The molecule has 0 unspecified atom stereocenters. The van der Waals surface area contributed by atoms with Crippen molar-refractivity contribution in [2.45, 2.75) is 36.0 Å². The molecule has 2 aliphatic carbocycles. The van der Waals surface area contributed by atoms with Gasteiger partial charge in [-0.25, -0.2) is 0 Å². The molecule has 3 aliphatic rings. The topological polar surface area (TPSA) is 32.9 Å². The van der Waals surface area contributed by atoms with Gasteiger partial charge < -0.3 is 4.98 Å². The van der Waals surface area contributed by atoms with Crippen molar-refractivity contribution in [2.75, 3.05) is 0 Å². The van der Waals surface area contributed by atoms with Crippen LogP contribution in [0.15, 0.2) is 9.82 Å². The molecule has 4 heteroatoms. The van der Waals surface area contributed by atoms with E-state index >= 15 is 0 Å². The number of rotatable bonds is 0. The zero-order valence-electron chi connectivity index (χ0n) is 8.36. The maximum Gasteiger partial charge on any atom is 0.305 e. The molecule has 2 bridgehead atoms. The zero-order valence-corrected chi connectivity index (χ0v) is 10.00. The Balaban J connectivity index is 1.77. The summed E-state index contributed by atoms with van der Waals surface area (Å²) in [6, 6.07) is 0. The predicted molar refractivity (Wildman–Crippen MR) is 62.6 cm³/mol. The van der Waals surface area contributed by atoms with Gasteiger partial charge in [0.1, 0.15) is 0 Å². The van der Waals surface area contributed by atoms with E-state index in [0.29, 0.717) is 0 Å². The second-order valence-corrected chi connectivity index (χ2v) is 7.31. The summed E-state index contributed by atoms with van der Waals surface area (Å²) in [6.07, 6.45) is 5.52. The van der Waals surface area contributed by atoms with Crippen molar-refractivity contribution >= 4 is 23.1 Å². The fraction of sp³-hybridized carbons (Fsp3) is 0.727. The summed E-state index contributed by atoms with van der Waals surface area (Å²) in [4.78, 5) is 15.8. The van der Waals surface area contributed by atoms with Gasteiger partial charge in [-0.15, -0.1) is 11.8 Å². The van der Waals surface area contributed by atoms with Crippen LogP contribution < -0.4 is 4.87 Å². The van der Waals surface area contributed by atoms with Gasteiger partial charge in [0.25, 0.3) is 0 Å². The molecule has 1 aliphatic heterocycles. The highest BCUT2D eigenvalue weighted by Crippen LogP contribution is 2.58. The molecule has 0 saturated heterocycles. The van der Waals surface area contributed by atoms with Crippen molar-refractivity contribution in [3.8, 4) is 0 Å². The number of nitrogens with one attached hydrogen (secondary N) is 1. The first-order valence-electron chi connectivity index (χ1n) is 5.70. The van der Waals surface area contributed by atoms with E-state index in [9.17, 15) is 4.79 Å². The van der Waals surface area contributed by atoms with Crippen LogP contribution in [0.3, 0.4) is 0 Å². The van der Waals surface area contributed by atoms with E-state index in [0.717, 1.165) is 23.0 Å². The van der Waals surface area contributed by atoms with Gasteiger partial charge in [0.05, 0.1) is 5.03 Å². The first-order chi connectivity index (χ1) is 7.31. The minimum absolute atomic E-state index is 0.139. The van der Waals surface area contributed by atoms with Crippen molar-refractivity contribution in [1.29, 1.82) is 0 Å². The van der Waals surface area contributed by atoms with Gasteiger partial charge in [-0.05, 0) is 43.4 Å². The highest BCUT2D eigenvalue weighted by molar-refractivity contribution is 8.00. The van der Waals surface area contributed by atoms with E-state index in [1.54, 1.807) is 0 Å². The molecule has 2 nitrogen and oxygen atoms in total. The Morgan fingerprint density at radius 2 is 2.13 bits per heavy atom. The molecule has 1 N–H and O–H groups in total. The number of hydrogen-bond donors (Lipinski definition) is 1. The largest absolute Gasteiger partial charge is 0.307 e. The summed E-state index contributed by atoms with van der Waals surface area (Å²) in [6.45, 7) is 0. The van der Waals surface area contributed by atoms with E-state index in [4.69, 9.17) is 0 Å². The van der Waals surface area contributed by atoms with Crippen LogP contribution in [0.4, 0.5) is 0 Å². The molecule has 1 aromatic heterocycles. The fourth-order valence-electron chi connectivity index (χ4n) is 3.75. The Morgan fingerprint density at radius 3 is 3.07 bits per heavy atom. The van der Waals surface area contributed by atoms with Crippen LogP contribution in [-0.4, -0.2) is 10.2 Å². The summed E-state index contributed by atoms with van der Waals surface area (Å²) >= 11 is 3.40. The summed E-state index contributed by atoms with van der Waals surface area (Å²) in [5.41, 5.74) is 0.